The Morgan fingerprint density at radius 3 is 2.06 bits per heavy atom. The standard InChI is InChI=1S/C8H10N.C4H9N2.CH3.W/c1-2-9-8-6-4-3-5-7-8;1-4(5)6(2)3;;/h3-7,9H,1-2H2;5H,2H2,1,3H3;1H3;/q3*-1;. The molecule has 1 aromatic rings. The van der Waals surface area contributed by atoms with Gasteiger partial charge in [-0.05, 0) is 26.1 Å². The monoisotopic (exact) mass is 404 g/mol. The molecule has 1 aromatic carbocycles. The number of rotatable bonds is 2. The molecule has 1 rings (SSSR count). The van der Waals surface area contributed by atoms with Gasteiger partial charge in [0.15, 0.2) is 0 Å². The van der Waals surface area contributed by atoms with Gasteiger partial charge in [0, 0.05) is 26.8 Å². The van der Waals surface area contributed by atoms with Gasteiger partial charge in [-0.1, -0.05) is 18.2 Å². The van der Waals surface area contributed by atoms with Crippen LogP contribution >= 0.6 is 0 Å². The molecule has 0 amide bonds. The first-order valence-electron chi connectivity index (χ1n) is 4.75. The summed E-state index contributed by atoms with van der Waals surface area (Å²) in [5.41, 5.74) is 1.13. The van der Waals surface area contributed by atoms with Gasteiger partial charge < -0.3 is 24.6 Å². The molecule has 0 aromatic heterocycles. The summed E-state index contributed by atoms with van der Waals surface area (Å²) in [5, 5.41) is 9.91. The molecule has 0 aliphatic carbocycles. The topological polar surface area (TPSA) is 39.1 Å². The normalized spacial score (nSPS) is 7.53. The molecule has 2 N–H and O–H groups in total. The van der Waals surface area contributed by atoms with Gasteiger partial charge in [-0.15, -0.1) is 6.54 Å². The molecule has 0 radical (unpaired) electrons. The van der Waals surface area contributed by atoms with Crippen LogP contribution < -0.4 is 5.32 Å². The number of amidine groups is 1. The molecule has 0 heterocycles. The third kappa shape index (κ3) is 13.1. The van der Waals surface area contributed by atoms with Gasteiger partial charge in [-0.25, -0.2) is 0 Å². The van der Waals surface area contributed by atoms with E-state index in [2.05, 4.69) is 19.3 Å². The Morgan fingerprint density at radius 2 is 1.76 bits per heavy atom. The quantitative estimate of drug-likeness (QED) is 0.452. The predicted octanol–water partition coefficient (Wildman–Crippen LogP) is 3.09. The first-order chi connectivity index (χ1) is 7.07. The van der Waals surface area contributed by atoms with Crippen LogP contribution in [-0.4, -0.2) is 24.3 Å². The molecule has 0 aliphatic heterocycles. The summed E-state index contributed by atoms with van der Waals surface area (Å²) in [4.78, 5) is 1.50. The summed E-state index contributed by atoms with van der Waals surface area (Å²) in [6.45, 7) is 6.10. The number of benzene rings is 1. The zero-order valence-electron chi connectivity index (χ0n) is 10.9. The maximum atomic E-state index is 6.81. The molecule has 98 valence electrons. The maximum Gasteiger partial charge on any atom is 0.0627 e. The van der Waals surface area contributed by atoms with Crippen molar-refractivity contribution in [1.82, 2.24) is 4.90 Å². The molecule has 17 heavy (non-hydrogen) atoms. The fourth-order valence-corrected chi connectivity index (χ4v) is 0.700. The van der Waals surface area contributed by atoms with E-state index >= 15 is 0 Å². The SMILES string of the molecule is [CH2-]CNc1ccccc1.[CH2-]N(C)C(C)=N.[CH3-].[W]. The van der Waals surface area contributed by atoms with Crippen LogP contribution in [0.2, 0.25) is 0 Å². The van der Waals surface area contributed by atoms with Crippen molar-refractivity contribution < 1.29 is 21.1 Å². The van der Waals surface area contributed by atoms with Gasteiger partial charge >= 0.3 is 0 Å². The summed E-state index contributed by atoms with van der Waals surface area (Å²) in [7, 11) is 5.19. The van der Waals surface area contributed by atoms with E-state index in [1.54, 1.807) is 14.0 Å². The van der Waals surface area contributed by atoms with E-state index in [0.717, 1.165) is 12.2 Å². The Bertz CT molecular complexity index is 273. The zero-order chi connectivity index (χ0) is 11.7. The summed E-state index contributed by atoms with van der Waals surface area (Å²) in [6, 6.07) is 10.0. The van der Waals surface area contributed by atoms with Crippen molar-refractivity contribution in [1.29, 1.82) is 5.41 Å². The van der Waals surface area contributed by atoms with Crippen molar-refractivity contribution >= 4 is 11.5 Å². The van der Waals surface area contributed by atoms with Crippen molar-refractivity contribution in [3.05, 3.63) is 51.7 Å². The van der Waals surface area contributed by atoms with E-state index in [1.165, 1.54) is 4.90 Å². The molecule has 0 spiro atoms. The molecule has 0 aliphatic rings. The average molecular weight is 404 g/mol. The Labute approximate surface area is 120 Å². The number of hydrogen-bond donors (Lipinski definition) is 2. The molecule has 0 unspecified atom stereocenters. The second-order valence-corrected chi connectivity index (χ2v) is 3.08. The van der Waals surface area contributed by atoms with Crippen molar-refractivity contribution in [3.63, 3.8) is 0 Å². The first kappa shape index (κ1) is 21.5. The van der Waals surface area contributed by atoms with Crippen LogP contribution in [-0.2, 0) is 21.1 Å². The van der Waals surface area contributed by atoms with Crippen LogP contribution in [0.15, 0.2) is 30.3 Å². The van der Waals surface area contributed by atoms with Crippen molar-refractivity contribution in [3.8, 4) is 0 Å². The molecule has 4 heteroatoms. The Hall–Kier alpha value is -0.822. The minimum Gasteiger partial charge on any atom is -0.517 e. The summed E-state index contributed by atoms with van der Waals surface area (Å²) < 4.78 is 0. The van der Waals surface area contributed by atoms with Gasteiger partial charge in [-0.2, -0.15) is 0 Å². The van der Waals surface area contributed by atoms with Gasteiger partial charge in [0.2, 0.25) is 0 Å². The number of anilines is 1. The third-order valence-electron chi connectivity index (χ3n) is 1.68. The van der Waals surface area contributed by atoms with Crippen LogP contribution in [0.3, 0.4) is 0 Å². The zero-order valence-corrected chi connectivity index (χ0v) is 13.8. The Balaban J connectivity index is -0.000000221. The summed E-state index contributed by atoms with van der Waals surface area (Å²) >= 11 is 0. The van der Waals surface area contributed by atoms with Gasteiger partial charge in [0.1, 0.15) is 0 Å². The average Bonchev–Trinajstić information content (AvgIpc) is 2.20. The Kier molecular flexibility index (Phi) is 16.7. The van der Waals surface area contributed by atoms with E-state index in [-0.39, 0.29) is 28.5 Å². The molecule has 0 atom stereocenters. The van der Waals surface area contributed by atoms with Crippen molar-refractivity contribution in [2.75, 3.05) is 18.9 Å². The van der Waals surface area contributed by atoms with E-state index in [1.807, 2.05) is 30.3 Å². The third-order valence-corrected chi connectivity index (χ3v) is 1.68. The van der Waals surface area contributed by atoms with E-state index in [4.69, 9.17) is 5.41 Å². The number of nitrogens with zero attached hydrogens (tertiary/aromatic N) is 1. The smallest absolute Gasteiger partial charge is 0.0627 e. The van der Waals surface area contributed by atoms with Gasteiger partial charge in [-0.3, -0.25) is 12.5 Å². The maximum absolute atomic E-state index is 6.81. The molecule has 0 bridgehead atoms. The van der Waals surface area contributed by atoms with E-state index in [0.29, 0.717) is 5.84 Å². The van der Waals surface area contributed by atoms with Crippen LogP contribution in [0.25, 0.3) is 0 Å². The van der Waals surface area contributed by atoms with E-state index < -0.39 is 0 Å². The van der Waals surface area contributed by atoms with Crippen molar-refractivity contribution in [2.24, 2.45) is 0 Å². The largest absolute Gasteiger partial charge is 0.517 e. The second-order valence-electron chi connectivity index (χ2n) is 3.08. The van der Waals surface area contributed by atoms with Crippen LogP contribution in [0, 0.1) is 26.8 Å². The summed E-state index contributed by atoms with van der Waals surface area (Å²) in [5.74, 6) is 0.481. The fraction of sp³-hybridized carbons (Fsp3) is 0.231. The molecule has 3 nitrogen and oxygen atoms in total. The Morgan fingerprint density at radius 1 is 1.35 bits per heavy atom. The number of hydrogen-bond acceptors (Lipinski definition) is 2. The summed E-state index contributed by atoms with van der Waals surface area (Å²) in [6.07, 6.45) is 0. The minimum atomic E-state index is 0. The molecule has 0 saturated heterocycles. The van der Waals surface area contributed by atoms with E-state index in [9.17, 15) is 0 Å². The minimum absolute atomic E-state index is 0. The fourth-order valence-electron chi connectivity index (χ4n) is 0.700. The number of nitrogens with one attached hydrogen (secondary N) is 2. The van der Waals surface area contributed by atoms with Crippen LogP contribution in [0.5, 0.6) is 0 Å². The molecular weight excluding hydrogens is 382 g/mol. The van der Waals surface area contributed by atoms with Crippen LogP contribution in [0.1, 0.15) is 6.92 Å². The number of para-hydroxylation sites is 1. The van der Waals surface area contributed by atoms with Gasteiger partial charge in [0.05, 0.1) is 5.84 Å². The molecular formula is C13H22N3W-3. The predicted molar refractivity (Wildman–Crippen MR) is 73.2 cm³/mol. The molecule has 0 fully saturated rings. The van der Waals surface area contributed by atoms with Gasteiger partial charge in [0.25, 0.3) is 0 Å². The molecule has 0 saturated carbocycles. The van der Waals surface area contributed by atoms with Crippen molar-refractivity contribution in [2.45, 2.75) is 6.92 Å². The second kappa shape index (κ2) is 13.2. The van der Waals surface area contributed by atoms with Crippen LogP contribution in [0.4, 0.5) is 5.69 Å². The first-order valence-corrected chi connectivity index (χ1v) is 4.75.